The van der Waals surface area contributed by atoms with Gasteiger partial charge in [-0.2, -0.15) is 5.10 Å². The van der Waals surface area contributed by atoms with Crippen LogP contribution in [0.4, 0.5) is 10.7 Å². The first kappa shape index (κ1) is 26.0. The molecule has 1 aliphatic heterocycles. The lowest BCUT2D eigenvalue weighted by atomic mass is 10.1. The minimum atomic E-state index is -0.892. The molecule has 0 saturated carbocycles. The van der Waals surface area contributed by atoms with Gasteiger partial charge < -0.3 is 19.3 Å². The van der Waals surface area contributed by atoms with Gasteiger partial charge >= 0.3 is 6.09 Å². The van der Waals surface area contributed by atoms with Crippen LogP contribution in [-0.4, -0.2) is 68.9 Å². The lowest BCUT2D eigenvalue weighted by Gasteiger charge is -2.33. The highest BCUT2D eigenvalue weighted by atomic mass is 35.5. The molecule has 1 aliphatic rings. The van der Waals surface area contributed by atoms with Gasteiger partial charge in [0.25, 0.3) is 0 Å². The van der Waals surface area contributed by atoms with Gasteiger partial charge in [0.1, 0.15) is 11.4 Å². The number of ether oxygens (including phenoxy) is 2. The van der Waals surface area contributed by atoms with Crippen LogP contribution in [0, 0.1) is 6.92 Å². The van der Waals surface area contributed by atoms with E-state index in [1.807, 2.05) is 17.0 Å². The van der Waals surface area contributed by atoms with Crippen molar-refractivity contribution in [1.29, 1.82) is 0 Å². The maximum absolute atomic E-state index is 11.9. The number of carbonyl (C=O) groups is 1. The average molecular weight is 557 g/mol. The lowest BCUT2D eigenvalue weighted by molar-refractivity contribution is 0.105. The summed E-state index contributed by atoms with van der Waals surface area (Å²) in [5, 5.41) is 9.00. The van der Waals surface area contributed by atoms with E-state index in [-0.39, 0.29) is 6.09 Å². The van der Waals surface area contributed by atoms with Crippen LogP contribution in [0.15, 0.2) is 36.8 Å². The molecular formula is C25H26Cl2N8O3. The summed E-state index contributed by atoms with van der Waals surface area (Å²) in [6.45, 7) is 6.27. The monoisotopic (exact) mass is 556 g/mol. The number of carbonyl (C=O) groups excluding carboxylic acids is 1. The third-order valence-corrected chi connectivity index (χ3v) is 7.04. The van der Waals surface area contributed by atoms with E-state index in [1.54, 1.807) is 37.2 Å². The second kappa shape index (κ2) is 11.0. The Kier molecular flexibility index (Phi) is 7.50. The number of halogens is 2. The molecule has 1 amide bonds. The summed E-state index contributed by atoms with van der Waals surface area (Å²) in [4.78, 5) is 28.9. The minimum absolute atomic E-state index is 0.291. The number of fused-ring (bicyclic) bond motifs is 1. The van der Waals surface area contributed by atoms with Crippen LogP contribution in [0.2, 0.25) is 10.0 Å². The molecule has 198 valence electrons. The molecule has 0 spiro atoms. The molecule has 1 fully saturated rings. The van der Waals surface area contributed by atoms with E-state index in [2.05, 4.69) is 25.1 Å². The van der Waals surface area contributed by atoms with Gasteiger partial charge in [0, 0.05) is 61.3 Å². The molecule has 1 saturated heterocycles. The molecular weight excluding hydrogens is 531 g/mol. The lowest BCUT2D eigenvalue weighted by Crippen LogP contribution is -2.49. The fraction of sp³-hybridized carbons (Fsp3) is 0.320. The zero-order chi connectivity index (χ0) is 26.8. The Hall–Kier alpha value is -3.67. The highest BCUT2D eigenvalue weighted by Gasteiger charge is 2.24. The van der Waals surface area contributed by atoms with Crippen molar-refractivity contribution in [2.75, 3.05) is 37.7 Å². The maximum atomic E-state index is 11.9. The molecule has 4 aromatic rings. The van der Waals surface area contributed by atoms with Crippen LogP contribution in [-0.2, 0) is 4.74 Å². The van der Waals surface area contributed by atoms with Gasteiger partial charge in [-0.25, -0.2) is 14.8 Å². The summed E-state index contributed by atoms with van der Waals surface area (Å²) in [6.07, 6.45) is 3.78. The number of nitrogens with two attached hydrogens (primary N) is 1. The van der Waals surface area contributed by atoms with E-state index < -0.39 is 6.23 Å². The van der Waals surface area contributed by atoms with E-state index >= 15 is 0 Å². The van der Waals surface area contributed by atoms with Gasteiger partial charge in [-0.15, -0.1) is 0 Å². The first-order chi connectivity index (χ1) is 18.4. The molecule has 13 heteroatoms. The highest BCUT2D eigenvalue weighted by Crippen LogP contribution is 2.34. The van der Waals surface area contributed by atoms with E-state index in [9.17, 15) is 4.79 Å². The molecule has 0 radical (unpaired) electrons. The topological polar surface area (TPSA) is 135 Å². The number of H-pyrrole nitrogens is 1. The maximum Gasteiger partial charge on any atom is 0.409 e. The molecule has 11 nitrogen and oxygen atoms in total. The predicted molar refractivity (Wildman–Crippen MR) is 144 cm³/mol. The Bertz CT molecular complexity index is 1460. The number of nitrogens with zero attached hydrogens (tertiary/aromatic N) is 6. The van der Waals surface area contributed by atoms with Crippen molar-refractivity contribution in [3.05, 3.63) is 58.1 Å². The normalized spacial score (nSPS) is 14.6. The van der Waals surface area contributed by atoms with Crippen molar-refractivity contribution in [2.24, 2.45) is 5.73 Å². The van der Waals surface area contributed by atoms with Crippen LogP contribution < -0.4 is 15.4 Å². The number of nitrogens with one attached hydrogen (secondary N) is 1. The van der Waals surface area contributed by atoms with E-state index in [0.717, 1.165) is 16.5 Å². The third kappa shape index (κ3) is 5.17. The third-order valence-electron chi connectivity index (χ3n) is 6.27. The van der Waals surface area contributed by atoms with Gasteiger partial charge in [0.05, 0.1) is 27.9 Å². The fourth-order valence-electron chi connectivity index (χ4n) is 4.24. The number of hydrogen-bond donors (Lipinski definition) is 2. The van der Waals surface area contributed by atoms with Crippen LogP contribution >= 0.6 is 23.2 Å². The predicted octanol–water partition coefficient (Wildman–Crippen LogP) is 4.34. The van der Waals surface area contributed by atoms with E-state index in [4.69, 9.17) is 38.4 Å². The van der Waals surface area contributed by atoms with Crippen molar-refractivity contribution >= 4 is 46.1 Å². The summed E-state index contributed by atoms with van der Waals surface area (Å²) >= 11 is 12.7. The summed E-state index contributed by atoms with van der Waals surface area (Å²) in [5.41, 5.74) is 9.61. The molecule has 1 atom stereocenters. The molecule has 5 rings (SSSR count). The van der Waals surface area contributed by atoms with Crippen molar-refractivity contribution < 1.29 is 14.3 Å². The molecule has 0 bridgehead atoms. The number of piperazine rings is 1. The van der Waals surface area contributed by atoms with Crippen LogP contribution in [0.1, 0.15) is 24.4 Å². The van der Waals surface area contributed by atoms with Gasteiger partial charge in [0.2, 0.25) is 5.95 Å². The number of anilines is 1. The van der Waals surface area contributed by atoms with Gasteiger partial charge in [0.15, 0.2) is 6.23 Å². The standard InChI is InChI=1S/C25H26Cl2N8O3/c1-3-37-25(36)35-8-6-34(7-9-35)24-30-11-15(12-31-24)22-17-10-16(4-5-19(17)32-33-22)38-23(28)20-18(26)13-29-14(2)21(20)27/h4-5,10-13,23H,3,6-9,28H2,1-2H3,(H,32,33)/t23-/m0/s1. The number of aromatic amines is 1. The zero-order valence-corrected chi connectivity index (χ0v) is 22.3. The Morgan fingerprint density at radius 1 is 1.13 bits per heavy atom. The highest BCUT2D eigenvalue weighted by molar-refractivity contribution is 6.36. The Morgan fingerprint density at radius 3 is 2.58 bits per heavy atom. The fourth-order valence-corrected chi connectivity index (χ4v) is 4.80. The van der Waals surface area contributed by atoms with Crippen molar-refractivity contribution in [2.45, 2.75) is 20.1 Å². The van der Waals surface area contributed by atoms with Crippen molar-refractivity contribution in [3.8, 4) is 17.0 Å². The van der Waals surface area contributed by atoms with E-state index in [1.165, 1.54) is 6.20 Å². The molecule has 0 unspecified atom stereocenters. The average Bonchev–Trinajstić information content (AvgIpc) is 3.35. The number of pyridine rings is 1. The number of aryl methyl sites for hydroxylation is 1. The largest absolute Gasteiger partial charge is 0.471 e. The second-order valence-electron chi connectivity index (χ2n) is 8.68. The number of rotatable bonds is 6. The molecule has 38 heavy (non-hydrogen) atoms. The summed E-state index contributed by atoms with van der Waals surface area (Å²) in [7, 11) is 0. The van der Waals surface area contributed by atoms with Crippen LogP contribution in [0.3, 0.4) is 0 Å². The van der Waals surface area contributed by atoms with Gasteiger partial charge in [-0.3, -0.25) is 15.8 Å². The molecule has 3 N–H and O–H groups in total. The Balaban J connectivity index is 1.32. The van der Waals surface area contributed by atoms with Gasteiger partial charge in [-0.1, -0.05) is 23.2 Å². The quantitative estimate of drug-likeness (QED) is 0.332. The number of hydrogen-bond acceptors (Lipinski definition) is 9. The number of amides is 1. The molecule has 3 aromatic heterocycles. The minimum Gasteiger partial charge on any atom is -0.471 e. The summed E-state index contributed by atoms with van der Waals surface area (Å²) in [6, 6.07) is 5.48. The molecule has 4 heterocycles. The molecule has 1 aromatic carbocycles. The van der Waals surface area contributed by atoms with Crippen LogP contribution in [0.5, 0.6) is 5.75 Å². The summed E-state index contributed by atoms with van der Waals surface area (Å²) < 4.78 is 11.1. The number of benzene rings is 1. The first-order valence-corrected chi connectivity index (χ1v) is 12.8. The van der Waals surface area contributed by atoms with Crippen LogP contribution in [0.25, 0.3) is 22.2 Å². The number of aromatic nitrogens is 5. The van der Waals surface area contributed by atoms with Gasteiger partial charge in [-0.05, 0) is 32.0 Å². The first-order valence-electron chi connectivity index (χ1n) is 12.1. The van der Waals surface area contributed by atoms with Crippen molar-refractivity contribution in [3.63, 3.8) is 0 Å². The Labute approximate surface area is 228 Å². The zero-order valence-electron chi connectivity index (χ0n) is 20.8. The summed E-state index contributed by atoms with van der Waals surface area (Å²) in [5.74, 6) is 1.11. The molecule has 0 aliphatic carbocycles. The second-order valence-corrected chi connectivity index (χ2v) is 9.47. The Morgan fingerprint density at radius 2 is 1.87 bits per heavy atom. The van der Waals surface area contributed by atoms with Crippen molar-refractivity contribution in [1.82, 2.24) is 30.0 Å². The smallest absolute Gasteiger partial charge is 0.409 e. The SMILES string of the molecule is CCOC(=O)N1CCN(c2ncc(-c3n[nH]c4ccc(O[C@H](N)c5c(Cl)cnc(C)c5Cl)cc34)cn2)CC1. The van der Waals surface area contributed by atoms with E-state index in [0.29, 0.717) is 71.5 Å².